The van der Waals surface area contributed by atoms with Gasteiger partial charge in [-0.15, -0.1) is 11.6 Å². The Hall–Kier alpha value is -3.13. The number of hydrogen-bond donors (Lipinski definition) is 2. The third-order valence-electron chi connectivity index (χ3n) is 3.85. The topological polar surface area (TPSA) is 119 Å². The van der Waals surface area contributed by atoms with Crippen molar-refractivity contribution in [2.24, 2.45) is 0 Å². The van der Waals surface area contributed by atoms with Gasteiger partial charge < -0.3 is 5.73 Å². The van der Waals surface area contributed by atoms with E-state index in [1.54, 1.807) is 18.2 Å². The Kier molecular flexibility index (Phi) is 4.28. The number of nitrogen functional groups attached to an aromatic ring is 1. The molecular formula is C16H13ClN4O4. The highest BCUT2D eigenvalue weighted by molar-refractivity contribution is 6.33. The van der Waals surface area contributed by atoms with Crippen molar-refractivity contribution in [2.75, 3.05) is 5.73 Å². The van der Waals surface area contributed by atoms with Crippen LogP contribution in [0.1, 0.15) is 22.0 Å². The lowest BCUT2D eigenvalue weighted by Crippen LogP contribution is -2.63. The molecular weight excluding hydrogens is 348 g/mol. The van der Waals surface area contributed by atoms with Crippen molar-refractivity contribution in [1.82, 2.24) is 10.4 Å². The second-order valence-electron chi connectivity index (χ2n) is 5.47. The first-order chi connectivity index (χ1) is 11.9. The number of non-ortho nitro benzene ring substituents is 1. The summed E-state index contributed by atoms with van der Waals surface area (Å²) in [5.41, 5.74) is 9.22. The number of benzene rings is 2. The predicted molar refractivity (Wildman–Crippen MR) is 90.6 cm³/mol. The lowest BCUT2D eigenvalue weighted by molar-refractivity contribution is -0.385. The van der Waals surface area contributed by atoms with Gasteiger partial charge in [0.15, 0.2) is 0 Å². The molecule has 0 radical (unpaired) electrons. The number of β-lactam (4-membered cyclic amide) rings is 1. The molecule has 0 spiro atoms. The first kappa shape index (κ1) is 16.7. The van der Waals surface area contributed by atoms with Gasteiger partial charge >= 0.3 is 0 Å². The zero-order chi connectivity index (χ0) is 18.1. The number of nitro groups is 1. The number of amides is 2. The van der Waals surface area contributed by atoms with Crippen LogP contribution in [0.5, 0.6) is 0 Å². The van der Waals surface area contributed by atoms with E-state index in [0.29, 0.717) is 16.8 Å². The van der Waals surface area contributed by atoms with Crippen molar-refractivity contribution in [3.8, 4) is 0 Å². The fourth-order valence-electron chi connectivity index (χ4n) is 2.53. The van der Waals surface area contributed by atoms with E-state index in [1.165, 1.54) is 30.3 Å². The van der Waals surface area contributed by atoms with Crippen LogP contribution in [0.25, 0.3) is 0 Å². The van der Waals surface area contributed by atoms with Gasteiger partial charge in [0, 0.05) is 23.4 Å². The average Bonchev–Trinajstić information content (AvgIpc) is 2.61. The molecule has 0 aromatic heterocycles. The highest BCUT2D eigenvalue weighted by atomic mass is 35.5. The summed E-state index contributed by atoms with van der Waals surface area (Å²) in [7, 11) is 0. The zero-order valence-electron chi connectivity index (χ0n) is 12.8. The largest absolute Gasteiger partial charge is 0.399 e. The van der Waals surface area contributed by atoms with Crippen LogP contribution in [0.2, 0.25) is 0 Å². The fraction of sp³-hybridized carbons (Fsp3) is 0.125. The smallest absolute Gasteiger partial charge is 0.269 e. The van der Waals surface area contributed by atoms with E-state index in [4.69, 9.17) is 17.3 Å². The molecule has 9 heteroatoms. The second-order valence-corrected chi connectivity index (χ2v) is 5.94. The maximum atomic E-state index is 12.3. The van der Waals surface area contributed by atoms with E-state index in [2.05, 4.69) is 5.43 Å². The number of anilines is 1. The number of carbonyl (C=O) groups is 2. The number of nitro benzene ring substituents is 1. The summed E-state index contributed by atoms with van der Waals surface area (Å²) >= 11 is 6.05. The standard InChI is InChI=1S/C16H13ClN4O4/c17-13-14(10-2-1-3-12(8-10)21(24)25)20(16(13)23)19-15(22)9-4-6-11(18)7-5-9/h1-8,13-14H,18H2,(H,19,22). The Balaban J connectivity index is 1.82. The second kappa shape index (κ2) is 6.40. The van der Waals surface area contributed by atoms with Crippen LogP contribution in [0.15, 0.2) is 48.5 Å². The first-order valence-electron chi connectivity index (χ1n) is 7.26. The maximum absolute atomic E-state index is 12.3. The number of hydrogen-bond acceptors (Lipinski definition) is 5. The van der Waals surface area contributed by atoms with E-state index < -0.39 is 28.2 Å². The third kappa shape index (κ3) is 3.11. The molecule has 1 aliphatic rings. The van der Waals surface area contributed by atoms with Crippen molar-refractivity contribution in [2.45, 2.75) is 11.4 Å². The summed E-state index contributed by atoms with van der Waals surface area (Å²) in [5, 5.41) is 11.1. The number of alkyl halides is 1. The number of hydrazine groups is 1. The molecule has 0 bridgehead atoms. The summed E-state index contributed by atoms with van der Waals surface area (Å²) < 4.78 is 0. The summed E-state index contributed by atoms with van der Waals surface area (Å²) in [5.74, 6) is -0.991. The molecule has 1 saturated heterocycles. The molecule has 3 rings (SSSR count). The minimum absolute atomic E-state index is 0.120. The molecule has 0 saturated carbocycles. The highest BCUT2D eigenvalue weighted by Crippen LogP contribution is 2.38. The third-order valence-corrected chi connectivity index (χ3v) is 4.27. The van der Waals surface area contributed by atoms with Gasteiger partial charge in [-0.3, -0.25) is 25.1 Å². The molecule has 1 aliphatic heterocycles. The molecule has 2 aromatic carbocycles. The van der Waals surface area contributed by atoms with Crippen molar-refractivity contribution in [1.29, 1.82) is 0 Å². The number of nitrogens with zero attached hydrogens (tertiary/aromatic N) is 2. The number of carbonyl (C=O) groups excluding carboxylic acids is 2. The van der Waals surface area contributed by atoms with Crippen LogP contribution in [-0.2, 0) is 4.79 Å². The van der Waals surface area contributed by atoms with Gasteiger partial charge in [0.05, 0.1) is 4.92 Å². The summed E-state index contributed by atoms with van der Waals surface area (Å²) in [6, 6.07) is 11.3. The summed E-state index contributed by atoms with van der Waals surface area (Å²) in [6.07, 6.45) is 0. The molecule has 3 N–H and O–H groups in total. The summed E-state index contributed by atoms with van der Waals surface area (Å²) in [6.45, 7) is 0. The minimum Gasteiger partial charge on any atom is -0.399 e. The molecule has 2 aromatic rings. The van der Waals surface area contributed by atoms with Gasteiger partial charge in [0.2, 0.25) is 0 Å². The van der Waals surface area contributed by atoms with Crippen molar-refractivity contribution >= 4 is 34.8 Å². The SMILES string of the molecule is Nc1ccc(C(=O)NN2C(=O)C(Cl)C2c2cccc([N+](=O)[O-])c2)cc1. The van der Waals surface area contributed by atoms with E-state index in [-0.39, 0.29) is 5.69 Å². The Labute approximate surface area is 147 Å². The molecule has 1 fully saturated rings. The Bertz CT molecular complexity index is 855. The molecule has 2 atom stereocenters. The molecule has 128 valence electrons. The van der Waals surface area contributed by atoms with Gasteiger partial charge in [-0.05, 0) is 29.8 Å². The van der Waals surface area contributed by atoms with Gasteiger partial charge in [0.25, 0.3) is 17.5 Å². The van der Waals surface area contributed by atoms with Gasteiger partial charge in [-0.25, -0.2) is 5.01 Å². The highest BCUT2D eigenvalue weighted by Gasteiger charge is 2.48. The van der Waals surface area contributed by atoms with Gasteiger partial charge in [-0.1, -0.05) is 12.1 Å². The summed E-state index contributed by atoms with van der Waals surface area (Å²) in [4.78, 5) is 34.7. The van der Waals surface area contributed by atoms with Crippen molar-refractivity contribution < 1.29 is 14.5 Å². The molecule has 2 amide bonds. The van der Waals surface area contributed by atoms with Crippen molar-refractivity contribution in [3.63, 3.8) is 0 Å². The quantitative estimate of drug-likeness (QED) is 0.284. The lowest BCUT2D eigenvalue weighted by Gasteiger charge is -2.43. The Morgan fingerprint density at radius 1 is 1.24 bits per heavy atom. The molecule has 2 unspecified atom stereocenters. The van der Waals surface area contributed by atoms with Crippen molar-refractivity contribution in [3.05, 3.63) is 69.8 Å². The minimum atomic E-state index is -0.909. The Morgan fingerprint density at radius 3 is 2.56 bits per heavy atom. The van der Waals surface area contributed by atoms with E-state index in [0.717, 1.165) is 5.01 Å². The molecule has 8 nitrogen and oxygen atoms in total. The van der Waals surface area contributed by atoms with Gasteiger partial charge in [0.1, 0.15) is 11.4 Å². The number of halogens is 1. The van der Waals surface area contributed by atoms with E-state index in [1.807, 2.05) is 0 Å². The van der Waals surface area contributed by atoms with E-state index >= 15 is 0 Å². The lowest BCUT2D eigenvalue weighted by atomic mass is 9.95. The average molecular weight is 361 g/mol. The van der Waals surface area contributed by atoms with Crippen LogP contribution in [0.4, 0.5) is 11.4 Å². The first-order valence-corrected chi connectivity index (χ1v) is 7.70. The van der Waals surface area contributed by atoms with Gasteiger partial charge in [-0.2, -0.15) is 0 Å². The predicted octanol–water partition coefficient (Wildman–Crippen LogP) is 2.01. The Morgan fingerprint density at radius 2 is 1.92 bits per heavy atom. The number of rotatable bonds is 4. The molecule has 25 heavy (non-hydrogen) atoms. The molecule has 1 heterocycles. The maximum Gasteiger partial charge on any atom is 0.269 e. The van der Waals surface area contributed by atoms with Crippen LogP contribution >= 0.6 is 11.6 Å². The monoisotopic (exact) mass is 360 g/mol. The number of nitrogens with one attached hydrogen (secondary N) is 1. The van der Waals surface area contributed by atoms with Crippen LogP contribution < -0.4 is 11.2 Å². The molecule has 0 aliphatic carbocycles. The van der Waals surface area contributed by atoms with Crippen LogP contribution in [0.3, 0.4) is 0 Å². The van der Waals surface area contributed by atoms with Crippen LogP contribution in [0, 0.1) is 10.1 Å². The van der Waals surface area contributed by atoms with Crippen LogP contribution in [-0.4, -0.2) is 27.1 Å². The zero-order valence-corrected chi connectivity index (χ0v) is 13.5. The normalized spacial score (nSPS) is 19.2. The van der Waals surface area contributed by atoms with E-state index in [9.17, 15) is 19.7 Å². The number of nitrogens with two attached hydrogens (primary N) is 1. The fourth-order valence-corrected chi connectivity index (χ4v) is 2.89.